The topological polar surface area (TPSA) is 42.7 Å². The van der Waals surface area contributed by atoms with Gasteiger partial charge in [-0.3, -0.25) is 0 Å². The van der Waals surface area contributed by atoms with Crippen LogP contribution in [0.25, 0.3) is 0 Å². The number of aromatic nitrogens is 3. The van der Waals surface area contributed by atoms with Crippen LogP contribution in [0.5, 0.6) is 0 Å². The van der Waals surface area contributed by atoms with Crippen molar-refractivity contribution in [2.75, 3.05) is 0 Å². The second-order valence-electron chi connectivity index (χ2n) is 4.44. The minimum atomic E-state index is 0.314. The van der Waals surface area contributed by atoms with E-state index in [4.69, 9.17) is 6.42 Å². The van der Waals surface area contributed by atoms with Crippen molar-refractivity contribution in [3.05, 3.63) is 12.2 Å². The van der Waals surface area contributed by atoms with Gasteiger partial charge in [-0.05, 0) is 12.8 Å². The second-order valence-corrected chi connectivity index (χ2v) is 4.44. The van der Waals surface area contributed by atoms with Crippen LogP contribution in [0.1, 0.15) is 33.0 Å². The van der Waals surface area contributed by atoms with Gasteiger partial charge in [0.2, 0.25) is 0 Å². The van der Waals surface area contributed by atoms with Gasteiger partial charge < -0.3 is 5.32 Å². The molecule has 88 valence electrons. The van der Waals surface area contributed by atoms with E-state index >= 15 is 0 Å². The summed E-state index contributed by atoms with van der Waals surface area (Å²) in [6.07, 6.45) is 7.59. The van der Waals surface area contributed by atoms with Crippen LogP contribution in [0.4, 0.5) is 0 Å². The standard InChI is InChI=1S/C12H20N4/c1-5-6-11(4)13-7-12-14-9-15-16(12)8-10(2)3/h1,9-11,13H,6-8H2,2-4H3. The SMILES string of the molecule is C#CCC(C)NCc1ncnn1CC(C)C. The molecule has 0 aliphatic heterocycles. The number of nitrogens with one attached hydrogen (secondary N) is 1. The van der Waals surface area contributed by atoms with Crippen molar-refractivity contribution in [2.45, 2.75) is 46.3 Å². The van der Waals surface area contributed by atoms with E-state index in [1.54, 1.807) is 6.33 Å². The molecular weight excluding hydrogens is 200 g/mol. The summed E-state index contributed by atoms with van der Waals surface area (Å²) in [5, 5.41) is 7.54. The molecule has 0 saturated carbocycles. The van der Waals surface area contributed by atoms with Gasteiger partial charge in [0.15, 0.2) is 0 Å². The second kappa shape index (κ2) is 6.29. The van der Waals surface area contributed by atoms with Crippen LogP contribution in [-0.2, 0) is 13.1 Å². The first-order valence-corrected chi connectivity index (χ1v) is 5.67. The van der Waals surface area contributed by atoms with Crippen molar-refractivity contribution in [1.82, 2.24) is 20.1 Å². The highest BCUT2D eigenvalue weighted by atomic mass is 15.3. The monoisotopic (exact) mass is 220 g/mol. The molecule has 0 amide bonds. The Morgan fingerprint density at radius 1 is 1.50 bits per heavy atom. The van der Waals surface area contributed by atoms with Gasteiger partial charge >= 0.3 is 0 Å². The normalized spacial score (nSPS) is 12.7. The van der Waals surface area contributed by atoms with Gasteiger partial charge in [-0.1, -0.05) is 13.8 Å². The molecule has 1 atom stereocenters. The zero-order valence-electron chi connectivity index (χ0n) is 10.3. The molecule has 1 rings (SSSR count). The van der Waals surface area contributed by atoms with Crippen LogP contribution >= 0.6 is 0 Å². The predicted molar refractivity (Wildman–Crippen MR) is 64.6 cm³/mol. The Hall–Kier alpha value is -1.34. The molecule has 0 spiro atoms. The van der Waals surface area contributed by atoms with Gasteiger partial charge in [-0.15, -0.1) is 12.3 Å². The van der Waals surface area contributed by atoms with Gasteiger partial charge in [0.05, 0.1) is 6.54 Å². The average Bonchev–Trinajstić information content (AvgIpc) is 2.62. The molecule has 1 unspecified atom stereocenters. The first-order chi connectivity index (χ1) is 7.63. The Bertz CT molecular complexity index is 348. The van der Waals surface area contributed by atoms with Crippen LogP contribution < -0.4 is 5.32 Å². The quantitative estimate of drug-likeness (QED) is 0.738. The largest absolute Gasteiger partial charge is 0.306 e. The molecule has 4 nitrogen and oxygen atoms in total. The molecule has 1 aromatic heterocycles. The Morgan fingerprint density at radius 3 is 2.88 bits per heavy atom. The number of nitrogens with zero attached hydrogens (tertiary/aromatic N) is 3. The van der Waals surface area contributed by atoms with Crippen LogP contribution in [0.3, 0.4) is 0 Å². The summed E-state index contributed by atoms with van der Waals surface area (Å²) in [4.78, 5) is 4.24. The molecule has 1 N–H and O–H groups in total. The molecule has 0 radical (unpaired) electrons. The molecule has 4 heteroatoms. The van der Waals surface area contributed by atoms with Crippen molar-refractivity contribution < 1.29 is 0 Å². The molecule has 0 aliphatic rings. The summed E-state index contributed by atoms with van der Waals surface area (Å²) < 4.78 is 1.94. The molecule has 0 bridgehead atoms. The van der Waals surface area contributed by atoms with Gasteiger partial charge in [0.1, 0.15) is 12.2 Å². The Labute approximate surface area is 97.5 Å². The average molecular weight is 220 g/mol. The molecule has 0 aromatic carbocycles. The summed E-state index contributed by atoms with van der Waals surface area (Å²) in [6.45, 7) is 8.03. The number of hydrogen-bond donors (Lipinski definition) is 1. The Balaban J connectivity index is 2.48. The summed E-state index contributed by atoms with van der Waals surface area (Å²) >= 11 is 0. The van der Waals surface area contributed by atoms with Gasteiger partial charge in [-0.25, -0.2) is 9.67 Å². The summed E-state index contributed by atoms with van der Waals surface area (Å²) in [7, 11) is 0. The van der Waals surface area contributed by atoms with Crippen LogP contribution in [0.15, 0.2) is 6.33 Å². The van der Waals surface area contributed by atoms with E-state index in [1.807, 2.05) is 4.68 Å². The van der Waals surface area contributed by atoms with Crippen molar-refractivity contribution in [2.24, 2.45) is 5.92 Å². The summed E-state index contributed by atoms with van der Waals surface area (Å²) in [6, 6.07) is 0.314. The third-order valence-electron chi connectivity index (χ3n) is 2.27. The number of terminal acetylenes is 1. The third kappa shape index (κ3) is 4.03. The van der Waals surface area contributed by atoms with Crippen LogP contribution in [0.2, 0.25) is 0 Å². The fraction of sp³-hybridized carbons (Fsp3) is 0.667. The smallest absolute Gasteiger partial charge is 0.140 e. The fourth-order valence-electron chi connectivity index (χ4n) is 1.44. The third-order valence-corrected chi connectivity index (χ3v) is 2.27. The summed E-state index contributed by atoms with van der Waals surface area (Å²) in [5.74, 6) is 4.18. The Morgan fingerprint density at radius 2 is 2.25 bits per heavy atom. The maximum Gasteiger partial charge on any atom is 0.140 e. The maximum atomic E-state index is 5.25. The molecular formula is C12H20N4. The molecule has 0 saturated heterocycles. The highest BCUT2D eigenvalue weighted by molar-refractivity contribution is 4.90. The van der Waals surface area contributed by atoms with E-state index in [2.05, 4.69) is 42.1 Å². The fourth-order valence-corrected chi connectivity index (χ4v) is 1.44. The highest BCUT2D eigenvalue weighted by Crippen LogP contribution is 2.01. The van der Waals surface area contributed by atoms with Crippen LogP contribution in [-0.4, -0.2) is 20.8 Å². The lowest BCUT2D eigenvalue weighted by molar-refractivity contribution is 0.448. The van der Waals surface area contributed by atoms with E-state index < -0.39 is 0 Å². The minimum absolute atomic E-state index is 0.314. The lowest BCUT2D eigenvalue weighted by Crippen LogP contribution is -2.27. The van der Waals surface area contributed by atoms with Gasteiger partial charge in [-0.2, -0.15) is 5.10 Å². The number of hydrogen-bond acceptors (Lipinski definition) is 3. The van der Waals surface area contributed by atoms with Crippen molar-refractivity contribution in [3.63, 3.8) is 0 Å². The summed E-state index contributed by atoms with van der Waals surface area (Å²) in [5.41, 5.74) is 0. The number of rotatable bonds is 6. The van der Waals surface area contributed by atoms with Gasteiger partial charge in [0.25, 0.3) is 0 Å². The molecule has 0 aliphatic carbocycles. The van der Waals surface area contributed by atoms with E-state index in [0.717, 1.165) is 25.3 Å². The highest BCUT2D eigenvalue weighted by Gasteiger charge is 2.07. The zero-order chi connectivity index (χ0) is 12.0. The molecule has 16 heavy (non-hydrogen) atoms. The zero-order valence-corrected chi connectivity index (χ0v) is 10.3. The molecule has 1 heterocycles. The first-order valence-electron chi connectivity index (χ1n) is 5.67. The maximum absolute atomic E-state index is 5.25. The first kappa shape index (κ1) is 12.7. The van der Waals surface area contributed by atoms with Crippen molar-refractivity contribution in [3.8, 4) is 12.3 Å². The lowest BCUT2D eigenvalue weighted by atomic mass is 10.2. The van der Waals surface area contributed by atoms with Crippen molar-refractivity contribution >= 4 is 0 Å². The minimum Gasteiger partial charge on any atom is -0.306 e. The Kier molecular flexibility index (Phi) is 5.00. The van der Waals surface area contributed by atoms with Crippen LogP contribution in [0, 0.1) is 18.3 Å². The molecule has 0 fully saturated rings. The van der Waals surface area contributed by atoms with Gasteiger partial charge in [0, 0.05) is 19.0 Å². The van der Waals surface area contributed by atoms with E-state index in [-0.39, 0.29) is 0 Å². The predicted octanol–water partition coefficient (Wildman–Crippen LogP) is 1.44. The molecule has 1 aromatic rings. The van der Waals surface area contributed by atoms with E-state index in [9.17, 15) is 0 Å². The van der Waals surface area contributed by atoms with Crippen molar-refractivity contribution in [1.29, 1.82) is 0 Å². The van der Waals surface area contributed by atoms with E-state index in [0.29, 0.717) is 12.0 Å². The lowest BCUT2D eigenvalue weighted by Gasteiger charge is -2.12. The van der Waals surface area contributed by atoms with E-state index in [1.165, 1.54) is 0 Å².